The van der Waals surface area contributed by atoms with Crippen molar-refractivity contribution in [2.45, 2.75) is 26.8 Å². The van der Waals surface area contributed by atoms with Gasteiger partial charge in [0.25, 0.3) is 0 Å². The maximum Gasteiger partial charge on any atom is 0.0627 e. The largest absolute Gasteiger partial charge is 0.394 e. The van der Waals surface area contributed by atoms with Gasteiger partial charge in [-0.2, -0.15) is 0 Å². The molecule has 0 fully saturated rings. The van der Waals surface area contributed by atoms with Crippen LogP contribution in [0.4, 0.5) is 0 Å². The first kappa shape index (κ1) is 15.1. The summed E-state index contributed by atoms with van der Waals surface area (Å²) in [7, 11) is 0. The van der Waals surface area contributed by atoms with E-state index in [9.17, 15) is 5.11 Å². The molecule has 4 nitrogen and oxygen atoms in total. The third-order valence-electron chi connectivity index (χ3n) is 3.23. The molecular weight excluding hydrogens is 226 g/mol. The first-order valence-electron chi connectivity index (χ1n) is 6.70. The number of aliphatic hydroxyl groups is 1. The van der Waals surface area contributed by atoms with Crippen molar-refractivity contribution >= 4 is 0 Å². The van der Waals surface area contributed by atoms with Gasteiger partial charge in [-0.25, -0.2) is 0 Å². The fourth-order valence-corrected chi connectivity index (χ4v) is 1.91. The van der Waals surface area contributed by atoms with Gasteiger partial charge in [-0.15, -0.1) is 0 Å². The molecule has 0 saturated carbocycles. The molecule has 102 valence electrons. The molecule has 1 unspecified atom stereocenters. The van der Waals surface area contributed by atoms with Crippen molar-refractivity contribution in [3.8, 4) is 0 Å². The predicted molar refractivity (Wildman–Crippen MR) is 74.6 cm³/mol. The van der Waals surface area contributed by atoms with Crippen LogP contribution in [0.1, 0.15) is 31.1 Å². The van der Waals surface area contributed by atoms with E-state index in [0.717, 1.165) is 37.4 Å². The Balaban J connectivity index is 2.44. The maximum absolute atomic E-state index is 9.42. The quantitative estimate of drug-likeness (QED) is 0.732. The van der Waals surface area contributed by atoms with Crippen molar-refractivity contribution in [1.29, 1.82) is 0 Å². The fraction of sp³-hybridized carbons (Fsp3) is 0.643. The molecular formula is C14H25N3O. The van der Waals surface area contributed by atoms with Crippen LogP contribution in [0.15, 0.2) is 18.3 Å². The van der Waals surface area contributed by atoms with Crippen LogP contribution >= 0.6 is 0 Å². The fourth-order valence-electron chi connectivity index (χ4n) is 1.91. The molecule has 1 rings (SSSR count). The summed E-state index contributed by atoms with van der Waals surface area (Å²) in [6, 6.07) is 3.98. The van der Waals surface area contributed by atoms with Gasteiger partial charge < -0.3 is 15.3 Å². The summed E-state index contributed by atoms with van der Waals surface area (Å²) < 4.78 is 0. The van der Waals surface area contributed by atoms with Crippen LogP contribution in [0.5, 0.6) is 0 Å². The zero-order valence-corrected chi connectivity index (χ0v) is 11.7. The molecule has 0 aromatic carbocycles. The number of likely N-dealkylation sites (N-methyl/N-ethyl adjacent to an activating group) is 1. The summed E-state index contributed by atoms with van der Waals surface area (Å²) in [5.41, 5.74) is 2.04. The van der Waals surface area contributed by atoms with E-state index in [1.54, 1.807) is 0 Å². The molecule has 1 aromatic heterocycles. The van der Waals surface area contributed by atoms with Gasteiger partial charge in [-0.3, -0.25) is 4.98 Å². The van der Waals surface area contributed by atoms with Crippen LogP contribution in [0, 0.1) is 6.92 Å². The van der Waals surface area contributed by atoms with Crippen LogP contribution in [0.25, 0.3) is 0 Å². The number of nitrogens with zero attached hydrogens (tertiary/aromatic N) is 2. The minimum atomic E-state index is -0.0198. The third-order valence-corrected chi connectivity index (χ3v) is 3.23. The van der Waals surface area contributed by atoms with Gasteiger partial charge in [0.05, 0.1) is 12.6 Å². The minimum absolute atomic E-state index is 0.0198. The molecule has 1 heterocycles. The van der Waals surface area contributed by atoms with Crippen molar-refractivity contribution in [1.82, 2.24) is 15.2 Å². The summed E-state index contributed by atoms with van der Waals surface area (Å²) in [6.07, 6.45) is 1.83. The van der Waals surface area contributed by atoms with Crippen LogP contribution in [0.2, 0.25) is 0 Å². The van der Waals surface area contributed by atoms with Crippen molar-refractivity contribution in [2.24, 2.45) is 0 Å². The number of rotatable bonds is 8. The Labute approximate surface area is 110 Å². The van der Waals surface area contributed by atoms with Gasteiger partial charge in [0, 0.05) is 25.0 Å². The van der Waals surface area contributed by atoms with E-state index in [2.05, 4.69) is 29.0 Å². The molecule has 1 atom stereocenters. The zero-order chi connectivity index (χ0) is 13.4. The SMILES string of the molecule is CCN(CC)CCNC(CO)c1ccc(C)nc1. The van der Waals surface area contributed by atoms with Crippen LogP contribution in [-0.2, 0) is 0 Å². The molecule has 0 aliphatic carbocycles. The number of nitrogens with one attached hydrogen (secondary N) is 1. The topological polar surface area (TPSA) is 48.4 Å². The number of aliphatic hydroxyl groups excluding tert-OH is 1. The highest BCUT2D eigenvalue weighted by Crippen LogP contribution is 2.11. The van der Waals surface area contributed by atoms with E-state index in [1.165, 1.54) is 0 Å². The molecule has 4 heteroatoms. The van der Waals surface area contributed by atoms with E-state index in [1.807, 2.05) is 25.3 Å². The lowest BCUT2D eigenvalue weighted by Crippen LogP contribution is -2.34. The van der Waals surface area contributed by atoms with Crippen molar-refractivity contribution in [2.75, 3.05) is 32.8 Å². The molecule has 0 saturated heterocycles. The van der Waals surface area contributed by atoms with Crippen molar-refractivity contribution in [3.63, 3.8) is 0 Å². The molecule has 0 radical (unpaired) electrons. The molecule has 0 amide bonds. The number of hydrogen-bond acceptors (Lipinski definition) is 4. The standard InChI is InChI=1S/C14H25N3O/c1-4-17(5-2)9-8-15-14(11-18)13-7-6-12(3)16-10-13/h6-7,10,14-15,18H,4-5,8-9,11H2,1-3H3. The summed E-state index contributed by atoms with van der Waals surface area (Å²) in [6.45, 7) is 10.4. The van der Waals surface area contributed by atoms with Gasteiger partial charge in [-0.05, 0) is 31.6 Å². The van der Waals surface area contributed by atoms with E-state index in [4.69, 9.17) is 0 Å². The van der Waals surface area contributed by atoms with Crippen molar-refractivity contribution < 1.29 is 5.11 Å². The summed E-state index contributed by atoms with van der Waals surface area (Å²) >= 11 is 0. The number of pyridine rings is 1. The van der Waals surface area contributed by atoms with Gasteiger partial charge >= 0.3 is 0 Å². The zero-order valence-electron chi connectivity index (χ0n) is 11.7. The Morgan fingerprint density at radius 3 is 2.56 bits per heavy atom. The number of aromatic nitrogens is 1. The summed E-state index contributed by atoms with van der Waals surface area (Å²) in [5, 5.41) is 12.8. The predicted octanol–water partition coefficient (Wildman–Crippen LogP) is 1.35. The molecule has 0 aliphatic rings. The lowest BCUT2D eigenvalue weighted by Gasteiger charge is -2.21. The summed E-state index contributed by atoms with van der Waals surface area (Å²) in [4.78, 5) is 6.62. The summed E-state index contributed by atoms with van der Waals surface area (Å²) in [5.74, 6) is 0. The second kappa shape index (κ2) is 8.19. The second-order valence-corrected chi connectivity index (χ2v) is 4.45. The average molecular weight is 251 g/mol. The van der Waals surface area contributed by atoms with Crippen molar-refractivity contribution in [3.05, 3.63) is 29.6 Å². The van der Waals surface area contributed by atoms with Crippen LogP contribution in [-0.4, -0.2) is 47.8 Å². The van der Waals surface area contributed by atoms with Gasteiger partial charge in [-0.1, -0.05) is 19.9 Å². The highest BCUT2D eigenvalue weighted by Gasteiger charge is 2.10. The van der Waals surface area contributed by atoms with E-state index >= 15 is 0 Å². The Morgan fingerprint density at radius 2 is 2.06 bits per heavy atom. The number of hydrogen-bond donors (Lipinski definition) is 2. The Hall–Kier alpha value is -0.970. The van der Waals surface area contributed by atoms with E-state index in [-0.39, 0.29) is 12.6 Å². The van der Waals surface area contributed by atoms with Gasteiger partial charge in [0.2, 0.25) is 0 Å². The minimum Gasteiger partial charge on any atom is -0.394 e. The first-order valence-corrected chi connectivity index (χ1v) is 6.70. The monoisotopic (exact) mass is 251 g/mol. The van der Waals surface area contributed by atoms with Gasteiger partial charge in [0.1, 0.15) is 0 Å². The molecule has 0 bridgehead atoms. The molecule has 0 spiro atoms. The van der Waals surface area contributed by atoms with Gasteiger partial charge in [0.15, 0.2) is 0 Å². The normalized spacial score (nSPS) is 12.9. The van der Waals surface area contributed by atoms with E-state index < -0.39 is 0 Å². The van der Waals surface area contributed by atoms with Crippen LogP contribution in [0.3, 0.4) is 0 Å². The van der Waals surface area contributed by atoms with E-state index in [0.29, 0.717) is 0 Å². The Morgan fingerprint density at radius 1 is 1.33 bits per heavy atom. The molecule has 0 aliphatic heterocycles. The lowest BCUT2D eigenvalue weighted by atomic mass is 10.1. The lowest BCUT2D eigenvalue weighted by molar-refractivity contribution is 0.233. The van der Waals surface area contributed by atoms with Crippen LogP contribution < -0.4 is 5.32 Å². The Bertz CT molecular complexity index is 322. The average Bonchev–Trinajstić information content (AvgIpc) is 2.41. The first-order chi connectivity index (χ1) is 8.71. The second-order valence-electron chi connectivity index (χ2n) is 4.45. The maximum atomic E-state index is 9.42. The number of aryl methyl sites for hydroxylation is 1. The Kier molecular flexibility index (Phi) is 6.86. The highest BCUT2D eigenvalue weighted by atomic mass is 16.3. The molecule has 18 heavy (non-hydrogen) atoms. The molecule has 2 N–H and O–H groups in total. The smallest absolute Gasteiger partial charge is 0.0627 e. The molecule has 1 aromatic rings. The third kappa shape index (κ3) is 4.72. The highest BCUT2D eigenvalue weighted by molar-refractivity contribution is 5.17.